The molecule has 2 aromatic rings. The highest BCUT2D eigenvalue weighted by Crippen LogP contribution is 2.20. The maximum atomic E-state index is 13.5. The fourth-order valence-corrected chi connectivity index (χ4v) is 1.65. The van der Waals surface area contributed by atoms with Crippen molar-refractivity contribution in [1.82, 2.24) is 9.55 Å². The van der Waals surface area contributed by atoms with Crippen molar-refractivity contribution in [2.24, 2.45) is 0 Å². The van der Waals surface area contributed by atoms with E-state index in [2.05, 4.69) is 4.98 Å². The van der Waals surface area contributed by atoms with Crippen LogP contribution in [0.5, 0.6) is 0 Å². The second kappa shape index (κ2) is 3.18. The van der Waals surface area contributed by atoms with E-state index in [1.165, 1.54) is 10.6 Å². The predicted octanol–water partition coefficient (Wildman–Crippen LogP) is 2.43. The molecule has 0 aliphatic heterocycles. The molecule has 0 spiro atoms. The van der Waals surface area contributed by atoms with Gasteiger partial charge in [0, 0.05) is 7.47 Å². The van der Waals surface area contributed by atoms with Crippen molar-refractivity contribution in [3.63, 3.8) is 0 Å². The Hall–Kier alpha value is -1.65. The summed E-state index contributed by atoms with van der Waals surface area (Å²) in [6.45, 7) is 3.47. The molecule has 0 atom stereocenters. The summed E-state index contributed by atoms with van der Waals surface area (Å²) in [5.41, 5.74) is -0.118. The first-order chi connectivity index (χ1) is 7.02. The SMILES string of the molecule is CC(C)n1c(=O)[nH]c2ccc(F)c(F)c21.[HH]. The number of H-pyrrole nitrogens is 1. The molecular formula is C10H12F2N2O. The molecule has 0 saturated heterocycles. The van der Waals surface area contributed by atoms with Crippen molar-refractivity contribution < 1.29 is 10.2 Å². The number of benzene rings is 1. The predicted molar refractivity (Wildman–Crippen MR) is 55.0 cm³/mol. The fourth-order valence-electron chi connectivity index (χ4n) is 1.65. The largest absolute Gasteiger partial charge is 0.326 e. The van der Waals surface area contributed by atoms with Crippen LogP contribution in [0.15, 0.2) is 16.9 Å². The third-order valence-corrected chi connectivity index (χ3v) is 2.29. The second-order valence-electron chi connectivity index (χ2n) is 3.65. The monoisotopic (exact) mass is 214 g/mol. The van der Waals surface area contributed by atoms with E-state index in [4.69, 9.17) is 0 Å². The Morgan fingerprint density at radius 2 is 2.07 bits per heavy atom. The summed E-state index contributed by atoms with van der Waals surface area (Å²) in [4.78, 5) is 13.9. The molecule has 2 rings (SSSR count). The molecule has 0 fully saturated rings. The maximum absolute atomic E-state index is 13.5. The molecule has 15 heavy (non-hydrogen) atoms. The number of nitrogens with zero attached hydrogens (tertiary/aromatic N) is 1. The van der Waals surface area contributed by atoms with Crippen LogP contribution in [0.4, 0.5) is 8.78 Å². The van der Waals surface area contributed by atoms with E-state index < -0.39 is 17.3 Å². The lowest BCUT2D eigenvalue weighted by molar-refractivity contribution is 0.504. The number of aromatic amines is 1. The number of aromatic nitrogens is 2. The summed E-state index contributed by atoms with van der Waals surface area (Å²) in [6, 6.07) is 2.13. The van der Waals surface area contributed by atoms with E-state index in [0.29, 0.717) is 5.52 Å². The molecule has 0 radical (unpaired) electrons. The van der Waals surface area contributed by atoms with Crippen molar-refractivity contribution in [3.8, 4) is 0 Å². The summed E-state index contributed by atoms with van der Waals surface area (Å²) in [5.74, 6) is -1.93. The van der Waals surface area contributed by atoms with Crippen molar-refractivity contribution >= 4 is 11.0 Å². The lowest BCUT2D eigenvalue weighted by Crippen LogP contribution is -2.18. The minimum absolute atomic E-state index is 0. The molecule has 1 aromatic heterocycles. The van der Waals surface area contributed by atoms with Crippen LogP contribution in [0.3, 0.4) is 0 Å². The topological polar surface area (TPSA) is 37.8 Å². The number of rotatable bonds is 1. The number of fused-ring (bicyclic) bond motifs is 1. The van der Waals surface area contributed by atoms with E-state index in [1.54, 1.807) is 13.8 Å². The molecule has 1 heterocycles. The lowest BCUT2D eigenvalue weighted by Gasteiger charge is -2.07. The normalized spacial score (nSPS) is 11.5. The smallest absolute Gasteiger partial charge is 0.305 e. The van der Waals surface area contributed by atoms with E-state index in [9.17, 15) is 13.6 Å². The van der Waals surface area contributed by atoms with E-state index in [1.807, 2.05) is 0 Å². The molecule has 0 bridgehead atoms. The highest BCUT2D eigenvalue weighted by atomic mass is 19.2. The zero-order valence-corrected chi connectivity index (χ0v) is 8.34. The minimum atomic E-state index is -0.987. The first-order valence-electron chi connectivity index (χ1n) is 4.60. The van der Waals surface area contributed by atoms with Gasteiger partial charge in [-0.25, -0.2) is 13.6 Å². The standard InChI is InChI=1S/C10H10F2N2O.H2/c1-5(2)14-9-7(13-10(14)15)4-3-6(11)8(9)12;/h3-5H,1-2H3,(H,13,15);1H. The molecule has 3 nitrogen and oxygen atoms in total. The van der Waals surface area contributed by atoms with E-state index in [0.717, 1.165) is 6.07 Å². The average Bonchev–Trinajstić information content (AvgIpc) is 2.49. The summed E-state index contributed by atoms with van der Waals surface area (Å²) >= 11 is 0. The number of hydrogen-bond acceptors (Lipinski definition) is 1. The Balaban J connectivity index is 0.00000128. The van der Waals surface area contributed by atoms with Gasteiger partial charge in [-0.15, -0.1) is 0 Å². The molecule has 1 N–H and O–H groups in total. The van der Waals surface area contributed by atoms with Gasteiger partial charge in [-0.1, -0.05) is 0 Å². The van der Waals surface area contributed by atoms with Crippen LogP contribution in [0, 0.1) is 11.6 Å². The molecule has 0 aliphatic carbocycles. The quantitative estimate of drug-likeness (QED) is 0.777. The lowest BCUT2D eigenvalue weighted by atomic mass is 10.2. The van der Waals surface area contributed by atoms with Crippen LogP contribution in [-0.2, 0) is 0 Å². The number of halogens is 2. The van der Waals surface area contributed by atoms with Gasteiger partial charge < -0.3 is 4.98 Å². The van der Waals surface area contributed by atoms with Crippen LogP contribution in [-0.4, -0.2) is 9.55 Å². The van der Waals surface area contributed by atoms with E-state index >= 15 is 0 Å². The Morgan fingerprint density at radius 1 is 1.40 bits per heavy atom. The molecule has 1 aromatic carbocycles. The zero-order valence-electron chi connectivity index (χ0n) is 8.34. The van der Waals surface area contributed by atoms with Gasteiger partial charge in [0.2, 0.25) is 0 Å². The third kappa shape index (κ3) is 1.35. The van der Waals surface area contributed by atoms with Gasteiger partial charge in [-0.05, 0) is 26.0 Å². The average molecular weight is 214 g/mol. The van der Waals surface area contributed by atoms with E-state index in [-0.39, 0.29) is 13.0 Å². The Bertz CT molecular complexity index is 574. The number of imidazole rings is 1. The van der Waals surface area contributed by atoms with Gasteiger partial charge in [-0.2, -0.15) is 0 Å². The van der Waals surface area contributed by atoms with Gasteiger partial charge in [0.15, 0.2) is 11.6 Å². The Labute approximate surface area is 85.8 Å². The van der Waals surface area contributed by atoms with Crippen LogP contribution in [0.2, 0.25) is 0 Å². The summed E-state index contributed by atoms with van der Waals surface area (Å²) in [5, 5.41) is 0. The Morgan fingerprint density at radius 3 is 2.67 bits per heavy atom. The molecule has 82 valence electrons. The van der Waals surface area contributed by atoms with Crippen LogP contribution in [0.1, 0.15) is 21.3 Å². The highest BCUT2D eigenvalue weighted by molar-refractivity contribution is 5.76. The van der Waals surface area contributed by atoms with Crippen molar-refractivity contribution in [1.29, 1.82) is 0 Å². The van der Waals surface area contributed by atoms with Crippen LogP contribution in [0.25, 0.3) is 11.0 Å². The van der Waals surface area contributed by atoms with Crippen molar-refractivity contribution in [3.05, 3.63) is 34.3 Å². The second-order valence-corrected chi connectivity index (χ2v) is 3.65. The summed E-state index contributed by atoms with van der Waals surface area (Å²) < 4.78 is 27.7. The highest BCUT2D eigenvalue weighted by Gasteiger charge is 2.16. The first kappa shape index (κ1) is 9.89. The summed E-state index contributed by atoms with van der Waals surface area (Å²) in [7, 11) is 0. The molecule has 0 unspecified atom stereocenters. The Kier molecular flexibility index (Phi) is 2.10. The van der Waals surface area contributed by atoms with Crippen molar-refractivity contribution in [2.45, 2.75) is 19.9 Å². The zero-order chi connectivity index (χ0) is 11.2. The molecule has 0 aliphatic rings. The molecule has 5 heteroatoms. The van der Waals surface area contributed by atoms with Gasteiger partial charge >= 0.3 is 5.69 Å². The van der Waals surface area contributed by atoms with Crippen LogP contribution < -0.4 is 5.69 Å². The molecule has 0 amide bonds. The van der Waals surface area contributed by atoms with Gasteiger partial charge in [0.1, 0.15) is 5.52 Å². The fraction of sp³-hybridized carbons (Fsp3) is 0.300. The molecule has 0 saturated carbocycles. The third-order valence-electron chi connectivity index (χ3n) is 2.29. The maximum Gasteiger partial charge on any atom is 0.326 e. The minimum Gasteiger partial charge on any atom is -0.305 e. The molecular weight excluding hydrogens is 202 g/mol. The first-order valence-corrected chi connectivity index (χ1v) is 4.60. The number of nitrogens with one attached hydrogen (secondary N) is 1. The van der Waals surface area contributed by atoms with Gasteiger partial charge in [-0.3, -0.25) is 4.57 Å². The van der Waals surface area contributed by atoms with Crippen LogP contribution >= 0.6 is 0 Å². The van der Waals surface area contributed by atoms with Gasteiger partial charge in [0.25, 0.3) is 0 Å². The summed E-state index contributed by atoms with van der Waals surface area (Å²) in [6.07, 6.45) is 0. The van der Waals surface area contributed by atoms with Crippen molar-refractivity contribution in [2.75, 3.05) is 0 Å². The number of hydrogen-bond donors (Lipinski definition) is 1. The van der Waals surface area contributed by atoms with Gasteiger partial charge in [0.05, 0.1) is 5.52 Å².